The largest absolute Gasteiger partial charge is 0.479 e. The highest BCUT2D eigenvalue weighted by Gasteiger charge is 2.57. The molecule has 0 aromatic heterocycles. The molecule has 4 fully saturated rings. The van der Waals surface area contributed by atoms with Gasteiger partial charge >= 0.3 is 17.9 Å². The second kappa shape index (κ2) is 14.7. The molecule has 20 atom stereocenters. The van der Waals surface area contributed by atoms with E-state index in [0.717, 1.165) is 0 Å². The highest BCUT2D eigenvalue weighted by Crippen LogP contribution is 2.34. The third-order valence-electron chi connectivity index (χ3n) is 8.07. The van der Waals surface area contributed by atoms with E-state index in [-0.39, 0.29) is 0 Å². The minimum Gasteiger partial charge on any atom is -0.479 e. The van der Waals surface area contributed by atoms with Gasteiger partial charge in [-0.3, -0.25) is 0 Å². The summed E-state index contributed by atoms with van der Waals surface area (Å²) in [6.45, 7) is 1.23. The van der Waals surface area contributed by atoms with E-state index < -0.39 is 141 Å². The van der Waals surface area contributed by atoms with E-state index in [1.54, 1.807) is 0 Å². The van der Waals surface area contributed by atoms with Crippen molar-refractivity contribution >= 4 is 17.9 Å². The Bertz CT molecular complexity index is 1120. The number of rotatable bonds is 9. The van der Waals surface area contributed by atoms with Crippen molar-refractivity contribution in [3.05, 3.63) is 0 Å². The summed E-state index contributed by atoms with van der Waals surface area (Å²) in [7, 11) is 0. The molecule has 4 rings (SSSR count). The van der Waals surface area contributed by atoms with Crippen LogP contribution in [0, 0.1) is 0 Å². The van der Waals surface area contributed by atoms with Crippen molar-refractivity contribution in [2.75, 3.05) is 0 Å². The van der Waals surface area contributed by atoms with E-state index in [1.165, 1.54) is 6.92 Å². The van der Waals surface area contributed by atoms with E-state index >= 15 is 0 Å². The Kier molecular flexibility index (Phi) is 11.7. The Morgan fingerprint density at radius 3 is 1.36 bits per heavy atom. The molecule has 0 saturated carbocycles. The van der Waals surface area contributed by atoms with Crippen LogP contribution in [0.1, 0.15) is 6.92 Å². The van der Waals surface area contributed by atoms with Gasteiger partial charge in [0, 0.05) is 0 Å². The number of carbonyl (C=O) groups is 3. The summed E-state index contributed by atoms with van der Waals surface area (Å²) >= 11 is 0. The zero-order valence-corrected chi connectivity index (χ0v) is 23.9. The van der Waals surface area contributed by atoms with Crippen LogP contribution in [0.4, 0.5) is 0 Å². The molecular weight excluding hydrogens is 656 g/mol. The van der Waals surface area contributed by atoms with Gasteiger partial charge in [0.05, 0.1) is 6.10 Å². The first kappa shape index (κ1) is 37.5. The molecule has 23 nitrogen and oxygen atoms in total. The van der Waals surface area contributed by atoms with Gasteiger partial charge in [-0.15, -0.1) is 0 Å². The molecule has 270 valence electrons. The Morgan fingerprint density at radius 2 is 0.830 bits per heavy atom. The first-order valence-corrected chi connectivity index (χ1v) is 13.9. The molecule has 0 aliphatic carbocycles. The molecule has 13 N–H and O–H groups in total. The summed E-state index contributed by atoms with van der Waals surface area (Å²) < 4.78 is 36.5. The number of aliphatic hydroxyl groups is 10. The van der Waals surface area contributed by atoms with Gasteiger partial charge in [-0.05, 0) is 6.92 Å². The smallest absolute Gasteiger partial charge is 0.335 e. The van der Waals surface area contributed by atoms with Crippen molar-refractivity contribution in [2.24, 2.45) is 0 Å². The average Bonchev–Trinajstić information content (AvgIpc) is 3.00. The molecule has 0 spiro atoms. The minimum absolute atomic E-state index is 1.23. The molecule has 4 heterocycles. The zero-order chi connectivity index (χ0) is 35.2. The standard InChI is InChI=1S/C24H36O23/c1-2-3(25)5(27)15(24(41-2)44-12-7(29)9(31)21(40)42-16(12)19(36)37)46-23-11(33)8(30)13(17(47-23)20(38)39)43-22-10(32)4(26)6(28)14(45-22)18(34)35/h2-17,21-33,40H,1H3,(H,34,35)(H,36,37)(H,38,39)/t2-,3-,4-,5+,6+,7+,8+,9+,10+,11+,12+,13+,14-,15+,16-,17-,21?,22+,23+,24-/m0/s1. The van der Waals surface area contributed by atoms with Crippen LogP contribution >= 0.6 is 0 Å². The number of carboxylic acids is 3. The van der Waals surface area contributed by atoms with Gasteiger partial charge in [0.15, 0.2) is 43.5 Å². The molecule has 1 unspecified atom stereocenters. The van der Waals surface area contributed by atoms with Gasteiger partial charge in [-0.2, -0.15) is 0 Å². The summed E-state index contributed by atoms with van der Waals surface area (Å²) in [6.07, 6.45) is -42.1. The van der Waals surface area contributed by atoms with E-state index in [9.17, 15) is 80.8 Å². The van der Waals surface area contributed by atoms with Crippen LogP contribution in [0.25, 0.3) is 0 Å². The number of ether oxygens (including phenoxy) is 7. The number of hydrogen-bond acceptors (Lipinski definition) is 20. The first-order chi connectivity index (χ1) is 21.9. The quantitative estimate of drug-likeness (QED) is 0.107. The molecule has 0 radical (unpaired) electrons. The molecule has 4 aliphatic rings. The molecule has 0 aromatic rings. The second-order valence-electron chi connectivity index (χ2n) is 11.2. The molecule has 47 heavy (non-hydrogen) atoms. The van der Waals surface area contributed by atoms with Gasteiger partial charge in [0.1, 0.15) is 73.2 Å². The van der Waals surface area contributed by atoms with Crippen LogP contribution in [-0.2, 0) is 47.5 Å². The third-order valence-corrected chi connectivity index (χ3v) is 8.07. The third kappa shape index (κ3) is 7.36. The topological polar surface area (TPSA) is 379 Å². The summed E-state index contributed by atoms with van der Waals surface area (Å²) in [5.41, 5.74) is 0. The minimum atomic E-state index is -2.34. The highest BCUT2D eigenvalue weighted by molar-refractivity contribution is 5.74. The predicted octanol–water partition coefficient (Wildman–Crippen LogP) is -8.44. The number of carboxylic acid groups (broad SMARTS) is 3. The highest BCUT2D eigenvalue weighted by atomic mass is 16.8. The lowest BCUT2D eigenvalue weighted by Gasteiger charge is -2.48. The summed E-state index contributed by atoms with van der Waals surface area (Å²) in [4.78, 5) is 35.3. The Hall–Kier alpha value is -2.27. The van der Waals surface area contributed by atoms with Crippen LogP contribution in [0.3, 0.4) is 0 Å². The Morgan fingerprint density at radius 1 is 0.426 bits per heavy atom. The van der Waals surface area contributed by atoms with Crippen molar-refractivity contribution < 1.29 is 114 Å². The van der Waals surface area contributed by atoms with Crippen molar-refractivity contribution in [1.29, 1.82) is 0 Å². The van der Waals surface area contributed by atoms with Crippen LogP contribution in [0.15, 0.2) is 0 Å². The van der Waals surface area contributed by atoms with Crippen molar-refractivity contribution in [3.8, 4) is 0 Å². The SMILES string of the molecule is C[C@@H]1O[C@@H](O[C@@H]2[C@H](O)[C@@H](O)C(O)O[C@@H]2C(=O)O)[C@H](O[C@@H]2O[C@H](C(=O)O)[C@H](O[C@@H]3O[C@H](C(=O)O)[C@H](O)[C@H](O)[C@H]3O)[C@H](O)[C@H]2O)[C@H](O)[C@H]1O. The van der Waals surface area contributed by atoms with Crippen LogP contribution in [0.5, 0.6) is 0 Å². The van der Waals surface area contributed by atoms with Crippen molar-refractivity contribution in [3.63, 3.8) is 0 Å². The fourth-order valence-electron chi connectivity index (χ4n) is 5.39. The van der Waals surface area contributed by atoms with E-state index in [2.05, 4.69) is 0 Å². The molecule has 4 saturated heterocycles. The van der Waals surface area contributed by atoms with E-state index in [4.69, 9.17) is 33.2 Å². The fourth-order valence-corrected chi connectivity index (χ4v) is 5.39. The molecular formula is C24H36O23. The van der Waals surface area contributed by atoms with Gasteiger partial charge < -0.3 is 99.5 Å². The van der Waals surface area contributed by atoms with E-state index in [0.29, 0.717) is 0 Å². The maximum atomic E-state index is 12.1. The average molecular weight is 693 g/mol. The van der Waals surface area contributed by atoms with Gasteiger partial charge in [0.25, 0.3) is 0 Å². The number of aliphatic carboxylic acids is 3. The molecule has 0 bridgehead atoms. The number of hydrogen-bond donors (Lipinski definition) is 13. The van der Waals surface area contributed by atoms with Gasteiger partial charge in [-0.1, -0.05) is 0 Å². The molecule has 4 aliphatic heterocycles. The zero-order valence-electron chi connectivity index (χ0n) is 23.9. The molecule has 0 amide bonds. The number of aliphatic hydroxyl groups excluding tert-OH is 10. The normalized spacial score (nSPS) is 50.9. The first-order valence-electron chi connectivity index (χ1n) is 13.9. The lowest BCUT2D eigenvalue weighted by atomic mass is 9.95. The van der Waals surface area contributed by atoms with Gasteiger partial charge in [0.2, 0.25) is 0 Å². The molecule has 0 aromatic carbocycles. The maximum absolute atomic E-state index is 12.1. The summed E-state index contributed by atoms with van der Waals surface area (Å²) in [5.74, 6) is -5.50. The molecule has 23 heteroatoms. The lowest BCUT2D eigenvalue weighted by Crippen LogP contribution is -2.68. The second-order valence-corrected chi connectivity index (χ2v) is 11.2. The summed E-state index contributed by atoms with van der Waals surface area (Å²) in [5, 5.41) is 132. The monoisotopic (exact) mass is 692 g/mol. The van der Waals surface area contributed by atoms with Crippen molar-refractivity contribution in [2.45, 2.75) is 130 Å². The predicted molar refractivity (Wildman–Crippen MR) is 134 cm³/mol. The van der Waals surface area contributed by atoms with Crippen LogP contribution < -0.4 is 0 Å². The van der Waals surface area contributed by atoms with Gasteiger partial charge in [-0.25, -0.2) is 14.4 Å². The lowest BCUT2D eigenvalue weighted by molar-refractivity contribution is -0.388. The van der Waals surface area contributed by atoms with Crippen LogP contribution in [-0.4, -0.2) is 207 Å². The maximum Gasteiger partial charge on any atom is 0.335 e. The van der Waals surface area contributed by atoms with E-state index in [1.807, 2.05) is 0 Å². The Labute approximate surface area is 262 Å². The summed E-state index contributed by atoms with van der Waals surface area (Å²) in [6, 6.07) is 0. The van der Waals surface area contributed by atoms with Crippen molar-refractivity contribution in [1.82, 2.24) is 0 Å². The fraction of sp³-hybridized carbons (Fsp3) is 0.875. The Balaban J connectivity index is 1.56. The van der Waals surface area contributed by atoms with Crippen LogP contribution in [0.2, 0.25) is 0 Å².